The molecule has 3 aromatic rings. The van der Waals surface area contributed by atoms with Crippen LogP contribution < -0.4 is 5.32 Å². The second kappa shape index (κ2) is 7.41. The molecule has 2 aliphatic rings. The van der Waals surface area contributed by atoms with E-state index >= 15 is 0 Å². The molecule has 0 saturated carbocycles. The molecule has 2 aromatic heterocycles. The van der Waals surface area contributed by atoms with Crippen molar-refractivity contribution in [3.05, 3.63) is 75.0 Å². The van der Waals surface area contributed by atoms with E-state index in [9.17, 15) is 18.8 Å². The zero-order valence-electron chi connectivity index (χ0n) is 17.8. The standard InChI is InChI=1S/C24H22FN3O3S/c1-14-12-18(15(2)28(14)17-7-5-16(25)6-8-17)20(29)13-27-22(30)24(26-23(27)31)10-3-4-21-19(24)9-11-32-21/h5-9,11-12H,3-4,10,13H2,1-2H3,(H,26,31). The molecule has 1 unspecified atom stereocenters. The Kier molecular flexibility index (Phi) is 4.78. The Hall–Kier alpha value is -3.26. The second-order valence-corrected chi connectivity index (χ2v) is 9.36. The molecule has 1 spiro atoms. The molecule has 164 valence electrons. The lowest BCUT2D eigenvalue weighted by molar-refractivity contribution is -0.131. The van der Waals surface area contributed by atoms with Crippen LogP contribution in [0.25, 0.3) is 5.69 Å². The third kappa shape index (κ3) is 3.01. The average Bonchev–Trinajstić information content (AvgIpc) is 3.42. The highest BCUT2D eigenvalue weighted by molar-refractivity contribution is 7.10. The fraction of sp³-hybridized carbons (Fsp3) is 0.292. The Bertz CT molecular complexity index is 1260. The number of carbonyl (C=O) groups is 3. The summed E-state index contributed by atoms with van der Waals surface area (Å²) >= 11 is 1.59. The van der Waals surface area contributed by atoms with Crippen LogP contribution >= 0.6 is 11.3 Å². The summed E-state index contributed by atoms with van der Waals surface area (Å²) in [5, 5.41) is 4.82. The molecule has 1 saturated heterocycles. The Morgan fingerprint density at radius 1 is 1.19 bits per heavy atom. The first-order valence-electron chi connectivity index (χ1n) is 10.5. The van der Waals surface area contributed by atoms with E-state index in [1.54, 1.807) is 36.5 Å². The van der Waals surface area contributed by atoms with E-state index in [-0.39, 0.29) is 24.1 Å². The minimum Gasteiger partial charge on any atom is -0.319 e. The van der Waals surface area contributed by atoms with Gasteiger partial charge in [0.15, 0.2) is 5.78 Å². The Morgan fingerprint density at radius 3 is 2.69 bits per heavy atom. The number of rotatable bonds is 4. The zero-order valence-corrected chi connectivity index (χ0v) is 18.6. The van der Waals surface area contributed by atoms with Gasteiger partial charge in [0.25, 0.3) is 5.91 Å². The highest BCUT2D eigenvalue weighted by Gasteiger charge is 2.54. The van der Waals surface area contributed by atoms with Crippen molar-refractivity contribution in [1.29, 1.82) is 0 Å². The molecule has 1 aliphatic heterocycles. The number of imide groups is 1. The first-order chi connectivity index (χ1) is 15.3. The molecule has 8 heteroatoms. The van der Waals surface area contributed by atoms with E-state index in [1.807, 2.05) is 22.9 Å². The summed E-state index contributed by atoms with van der Waals surface area (Å²) < 4.78 is 15.2. The zero-order chi connectivity index (χ0) is 22.6. The summed E-state index contributed by atoms with van der Waals surface area (Å²) in [5.41, 5.74) is 2.46. The largest absolute Gasteiger partial charge is 0.325 e. The van der Waals surface area contributed by atoms with Gasteiger partial charge in [-0.3, -0.25) is 14.5 Å². The van der Waals surface area contributed by atoms with Crippen LogP contribution in [0.3, 0.4) is 0 Å². The van der Waals surface area contributed by atoms with Crippen molar-refractivity contribution in [2.24, 2.45) is 0 Å². The number of hydrogen-bond donors (Lipinski definition) is 1. The predicted molar refractivity (Wildman–Crippen MR) is 119 cm³/mol. The maximum atomic E-state index is 13.4. The highest BCUT2D eigenvalue weighted by Crippen LogP contribution is 2.42. The molecule has 3 amide bonds. The summed E-state index contributed by atoms with van der Waals surface area (Å²) in [7, 11) is 0. The van der Waals surface area contributed by atoms with Gasteiger partial charge in [-0.1, -0.05) is 0 Å². The number of aromatic nitrogens is 1. The predicted octanol–water partition coefficient (Wildman–Crippen LogP) is 4.26. The van der Waals surface area contributed by atoms with E-state index in [2.05, 4.69) is 5.32 Å². The molecule has 1 aliphatic carbocycles. The van der Waals surface area contributed by atoms with Gasteiger partial charge in [-0.05, 0) is 74.9 Å². The highest BCUT2D eigenvalue weighted by atomic mass is 32.1. The number of halogens is 1. The number of nitrogens with one attached hydrogen (secondary N) is 1. The fourth-order valence-electron chi connectivity index (χ4n) is 4.95. The number of fused-ring (bicyclic) bond motifs is 2. The maximum absolute atomic E-state index is 13.4. The van der Waals surface area contributed by atoms with Gasteiger partial charge in [-0.15, -0.1) is 11.3 Å². The van der Waals surface area contributed by atoms with E-state index in [0.29, 0.717) is 17.7 Å². The van der Waals surface area contributed by atoms with Crippen LogP contribution in [0, 0.1) is 19.7 Å². The minimum absolute atomic E-state index is 0.312. The first-order valence-corrected chi connectivity index (χ1v) is 11.4. The number of thiophene rings is 1. The SMILES string of the molecule is Cc1cc(C(=O)CN2C(=O)NC3(CCCc4sccc43)C2=O)c(C)n1-c1ccc(F)cc1. The summed E-state index contributed by atoms with van der Waals surface area (Å²) in [6, 6.07) is 9.13. The normalized spacial score (nSPS) is 20.0. The summed E-state index contributed by atoms with van der Waals surface area (Å²) in [6.45, 7) is 3.34. The number of aryl methyl sites for hydroxylation is 2. The number of amides is 3. The second-order valence-electron chi connectivity index (χ2n) is 8.36. The van der Waals surface area contributed by atoms with Gasteiger partial charge in [-0.2, -0.15) is 0 Å². The van der Waals surface area contributed by atoms with Crippen LogP contribution in [0.4, 0.5) is 9.18 Å². The number of ketones is 1. The minimum atomic E-state index is -1.06. The van der Waals surface area contributed by atoms with Crippen LogP contribution in [-0.4, -0.2) is 33.7 Å². The molecule has 1 atom stereocenters. The van der Waals surface area contributed by atoms with Crippen LogP contribution in [-0.2, 0) is 16.8 Å². The van der Waals surface area contributed by atoms with Crippen molar-refractivity contribution in [2.75, 3.05) is 6.54 Å². The van der Waals surface area contributed by atoms with Gasteiger partial charge >= 0.3 is 6.03 Å². The number of benzene rings is 1. The van der Waals surface area contributed by atoms with Crippen molar-refractivity contribution in [2.45, 2.75) is 38.6 Å². The van der Waals surface area contributed by atoms with Crippen LogP contribution in [0.15, 0.2) is 41.8 Å². The van der Waals surface area contributed by atoms with Gasteiger partial charge in [0.2, 0.25) is 0 Å². The quantitative estimate of drug-likeness (QED) is 0.476. The Labute approximate surface area is 188 Å². The number of carbonyl (C=O) groups excluding carboxylic acids is 3. The third-order valence-electron chi connectivity index (χ3n) is 6.45. The van der Waals surface area contributed by atoms with Crippen LogP contribution in [0.1, 0.15) is 45.0 Å². The van der Waals surface area contributed by atoms with Gasteiger partial charge < -0.3 is 9.88 Å². The molecule has 1 fully saturated rings. The van der Waals surface area contributed by atoms with Gasteiger partial charge in [0.05, 0.1) is 6.54 Å². The number of nitrogens with zero attached hydrogens (tertiary/aromatic N) is 2. The molecule has 1 N–H and O–H groups in total. The fourth-order valence-corrected chi connectivity index (χ4v) is 5.95. The molecule has 0 bridgehead atoms. The third-order valence-corrected chi connectivity index (χ3v) is 7.44. The van der Waals surface area contributed by atoms with Crippen molar-refractivity contribution >= 4 is 29.1 Å². The maximum Gasteiger partial charge on any atom is 0.325 e. The molecule has 6 nitrogen and oxygen atoms in total. The van der Waals surface area contributed by atoms with E-state index < -0.39 is 11.6 Å². The van der Waals surface area contributed by atoms with Crippen molar-refractivity contribution in [1.82, 2.24) is 14.8 Å². The van der Waals surface area contributed by atoms with Gasteiger partial charge in [0.1, 0.15) is 11.4 Å². The van der Waals surface area contributed by atoms with Gasteiger partial charge in [-0.25, -0.2) is 9.18 Å². The lowest BCUT2D eigenvalue weighted by Crippen LogP contribution is -2.46. The molecule has 0 radical (unpaired) electrons. The summed E-state index contributed by atoms with van der Waals surface area (Å²) in [5.74, 6) is -1.01. The lowest BCUT2D eigenvalue weighted by atomic mass is 9.80. The topological polar surface area (TPSA) is 71.4 Å². The molecule has 5 rings (SSSR count). The average molecular weight is 452 g/mol. The van der Waals surface area contributed by atoms with Crippen molar-refractivity contribution in [3.8, 4) is 5.69 Å². The Balaban J connectivity index is 1.43. The van der Waals surface area contributed by atoms with Crippen LogP contribution in [0.2, 0.25) is 0 Å². The van der Waals surface area contributed by atoms with E-state index in [0.717, 1.165) is 39.6 Å². The summed E-state index contributed by atoms with van der Waals surface area (Å²) in [6.07, 6.45) is 2.23. The molecule has 3 heterocycles. The lowest BCUT2D eigenvalue weighted by Gasteiger charge is -2.31. The first kappa shape index (κ1) is 20.6. The number of hydrogen-bond acceptors (Lipinski definition) is 4. The van der Waals surface area contributed by atoms with Crippen molar-refractivity contribution < 1.29 is 18.8 Å². The Morgan fingerprint density at radius 2 is 1.94 bits per heavy atom. The molecular weight excluding hydrogens is 429 g/mol. The van der Waals surface area contributed by atoms with Gasteiger partial charge in [0, 0.05) is 33.1 Å². The number of Topliss-reactive ketones (excluding diaryl/α,β-unsaturated/α-hetero) is 1. The monoisotopic (exact) mass is 451 g/mol. The van der Waals surface area contributed by atoms with E-state index in [4.69, 9.17) is 0 Å². The molecular formula is C24H22FN3O3S. The summed E-state index contributed by atoms with van der Waals surface area (Å²) in [4.78, 5) is 41.5. The molecule has 1 aromatic carbocycles. The van der Waals surface area contributed by atoms with E-state index in [1.165, 1.54) is 12.1 Å². The van der Waals surface area contributed by atoms with Crippen LogP contribution in [0.5, 0.6) is 0 Å². The smallest absolute Gasteiger partial charge is 0.319 e. The van der Waals surface area contributed by atoms with Crippen molar-refractivity contribution in [3.63, 3.8) is 0 Å². The number of urea groups is 1. The molecule has 32 heavy (non-hydrogen) atoms.